The van der Waals surface area contributed by atoms with Crippen LogP contribution >= 0.6 is 0 Å². The Morgan fingerprint density at radius 1 is 0.581 bits per heavy atom. The normalized spacial score (nSPS) is 36.0. The van der Waals surface area contributed by atoms with Gasteiger partial charge >= 0.3 is 33.7 Å². The van der Waals surface area contributed by atoms with E-state index in [4.69, 9.17) is 19.7 Å². The zero-order chi connectivity index (χ0) is 30.9. The number of allylic oxidation sites excluding steroid dienone is 2. The molecule has 0 atom stereocenters. The van der Waals surface area contributed by atoms with Gasteiger partial charge in [-0.1, -0.05) is 13.8 Å². The van der Waals surface area contributed by atoms with E-state index < -0.39 is 11.9 Å². The zero-order valence-electron chi connectivity index (χ0n) is 26.7. The van der Waals surface area contributed by atoms with Crippen LogP contribution in [-0.2, 0) is 40.8 Å². The Hall–Kier alpha value is -1.35. The van der Waals surface area contributed by atoms with Crippen molar-refractivity contribution in [1.29, 1.82) is 0 Å². The molecule has 9 heteroatoms. The molecule has 0 N–H and O–H groups in total. The maximum absolute atomic E-state index is 12.4. The SMILES string of the molecule is CCOC(=O)C=C([O-])C12CC3CC(CC(C3)C1)C2.CCOC(=O)C=C([O-])C12CC3CC(CC(C3)C1)C2.CC[O-].CC[O-].[Ti+4]. The third-order valence-corrected chi connectivity index (χ3v) is 10.2. The Morgan fingerprint density at radius 3 is 0.977 bits per heavy atom. The largest absolute Gasteiger partial charge is 4.00 e. The van der Waals surface area contributed by atoms with Crippen molar-refractivity contribution in [2.45, 2.75) is 105 Å². The minimum atomic E-state index is -0.460. The van der Waals surface area contributed by atoms with Crippen molar-refractivity contribution in [1.82, 2.24) is 0 Å². The fourth-order valence-electron chi connectivity index (χ4n) is 9.71. The molecule has 8 aliphatic carbocycles. The van der Waals surface area contributed by atoms with Gasteiger partial charge in [-0.15, -0.1) is 24.7 Å². The van der Waals surface area contributed by atoms with E-state index in [0.717, 1.165) is 74.0 Å². The van der Waals surface area contributed by atoms with Crippen LogP contribution in [0.25, 0.3) is 0 Å². The average molecular weight is 637 g/mol. The standard InChI is InChI=1S/2C15H22O3.2C2H5O.Ti/c2*1-2-18-14(17)6-13(16)15-7-10-3-11(8-15)5-12(4-10)9-15;2*1-2-3;/h2*6,10-12,16H,2-5,7-9H2,1H3;2*2H2,1H3;/q;;2*-1;+4/p-2. The topological polar surface area (TPSA) is 145 Å². The molecule has 8 saturated carbocycles. The Morgan fingerprint density at radius 2 is 0.791 bits per heavy atom. The van der Waals surface area contributed by atoms with Crippen LogP contribution in [0.1, 0.15) is 105 Å². The van der Waals surface area contributed by atoms with Gasteiger partial charge in [0.1, 0.15) is 0 Å². The Labute approximate surface area is 273 Å². The molecule has 0 heterocycles. The van der Waals surface area contributed by atoms with Crippen molar-refractivity contribution in [2.75, 3.05) is 26.4 Å². The van der Waals surface area contributed by atoms with E-state index in [1.54, 1.807) is 27.7 Å². The van der Waals surface area contributed by atoms with E-state index >= 15 is 0 Å². The van der Waals surface area contributed by atoms with Gasteiger partial charge in [0.2, 0.25) is 0 Å². The van der Waals surface area contributed by atoms with Crippen LogP contribution in [0, 0.1) is 46.3 Å². The summed E-state index contributed by atoms with van der Waals surface area (Å²) in [6.45, 7) is 7.34. The molecule has 0 unspecified atom stereocenters. The summed E-state index contributed by atoms with van der Waals surface area (Å²) in [5.74, 6) is 3.56. The van der Waals surface area contributed by atoms with Gasteiger partial charge in [0.25, 0.3) is 0 Å². The smallest absolute Gasteiger partial charge is 0.875 e. The second kappa shape index (κ2) is 17.4. The van der Waals surface area contributed by atoms with Crippen LogP contribution in [0.5, 0.6) is 0 Å². The second-order valence-corrected chi connectivity index (χ2v) is 13.5. The molecule has 0 aromatic carbocycles. The molecule has 8 fully saturated rings. The molecule has 8 bridgehead atoms. The summed E-state index contributed by atoms with van der Waals surface area (Å²) in [5, 5.41) is 42.7. The fourth-order valence-corrected chi connectivity index (χ4v) is 9.71. The van der Waals surface area contributed by atoms with Crippen LogP contribution in [0.3, 0.4) is 0 Å². The fraction of sp³-hybridized carbons (Fsp3) is 0.824. The van der Waals surface area contributed by atoms with Crippen LogP contribution < -0.4 is 20.4 Å². The van der Waals surface area contributed by atoms with E-state index in [0.29, 0.717) is 13.2 Å². The Bertz CT molecular complexity index is 811. The maximum atomic E-state index is 12.4. The predicted octanol–water partition coefficient (Wildman–Crippen LogP) is 2.75. The molecule has 43 heavy (non-hydrogen) atoms. The van der Waals surface area contributed by atoms with Crippen LogP contribution in [-0.4, -0.2) is 38.4 Å². The van der Waals surface area contributed by atoms with E-state index in [-0.39, 0.29) is 57.3 Å². The third-order valence-electron chi connectivity index (χ3n) is 10.2. The van der Waals surface area contributed by atoms with Gasteiger partial charge in [0.15, 0.2) is 0 Å². The van der Waals surface area contributed by atoms with Crippen LogP contribution in [0.15, 0.2) is 23.7 Å². The molecule has 0 amide bonds. The van der Waals surface area contributed by atoms with Gasteiger partial charge in [0.05, 0.1) is 13.2 Å². The van der Waals surface area contributed by atoms with Crippen LogP contribution in [0.4, 0.5) is 0 Å². The number of esters is 2. The summed E-state index contributed by atoms with van der Waals surface area (Å²) in [4.78, 5) is 22.9. The summed E-state index contributed by atoms with van der Waals surface area (Å²) < 4.78 is 9.72. The minimum Gasteiger partial charge on any atom is -0.875 e. The molecule has 0 radical (unpaired) electrons. The molecular formula is C34H52O8Ti. The van der Waals surface area contributed by atoms with E-state index in [9.17, 15) is 19.8 Å². The van der Waals surface area contributed by atoms with Crippen molar-refractivity contribution >= 4 is 11.9 Å². The monoisotopic (exact) mass is 636 g/mol. The maximum Gasteiger partial charge on any atom is 4.00 e. The van der Waals surface area contributed by atoms with Crippen molar-refractivity contribution in [3.63, 3.8) is 0 Å². The first-order valence-electron chi connectivity index (χ1n) is 16.3. The van der Waals surface area contributed by atoms with Gasteiger partial charge in [-0.25, -0.2) is 9.59 Å². The molecule has 8 aliphatic rings. The Kier molecular flexibility index (Phi) is 15.3. The van der Waals surface area contributed by atoms with Crippen molar-refractivity contribution < 1.29 is 61.2 Å². The average Bonchev–Trinajstić information content (AvgIpc) is 2.89. The summed E-state index contributed by atoms with van der Waals surface area (Å²) in [6, 6.07) is 0. The molecule has 8 rings (SSSR count). The predicted molar refractivity (Wildman–Crippen MR) is 152 cm³/mol. The number of ether oxygens (including phenoxy) is 2. The third kappa shape index (κ3) is 9.82. The molecule has 0 aromatic heterocycles. The van der Waals surface area contributed by atoms with Gasteiger partial charge < -0.3 is 29.9 Å². The van der Waals surface area contributed by atoms with Gasteiger partial charge in [0, 0.05) is 12.2 Å². The van der Waals surface area contributed by atoms with Crippen molar-refractivity contribution in [3.05, 3.63) is 23.7 Å². The van der Waals surface area contributed by atoms with Crippen LogP contribution in [0.2, 0.25) is 0 Å². The molecule has 240 valence electrons. The Balaban J connectivity index is 0.000000249. The summed E-state index contributed by atoms with van der Waals surface area (Å²) in [6.07, 6.45) is 16.4. The number of carbonyl (C=O) groups is 2. The summed E-state index contributed by atoms with van der Waals surface area (Å²) >= 11 is 0. The molecule has 8 nitrogen and oxygen atoms in total. The molecule has 0 saturated heterocycles. The number of hydrogen-bond donors (Lipinski definition) is 0. The minimum absolute atomic E-state index is 0. The molecule has 0 spiro atoms. The zero-order valence-corrected chi connectivity index (χ0v) is 28.3. The molecule has 0 aliphatic heterocycles. The number of rotatable bonds is 6. The van der Waals surface area contributed by atoms with E-state index in [1.165, 1.54) is 50.7 Å². The van der Waals surface area contributed by atoms with E-state index in [2.05, 4.69) is 0 Å². The van der Waals surface area contributed by atoms with Crippen molar-refractivity contribution in [2.24, 2.45) is 46.3 Å². The molecule has 0 aromatic rings. The van der Waals surface area contributed by atoms with Crippen molar-refractivity contribution in [3.8, 4) is 0 Å². The first-order chi connectivity index (χ1) is 20.0. The quantitative estimate of drug-likeness (QED) is 0.187. The first-order valence-corrected chi connectivity index (χ1v) is 16.3. The summed E-state index contributed by atoms with van der Waals surface area (Å²) in [5.41, 5.74) is -0.414. The second-order valence-electron chi connectivity index (χ2n) is 13.5. The van der Waals surface area contributed by atoms with Gasteiger partial charge in [-0.05, 0) is 137 Å². The summed E-state index contributed by atoms with van der Waals surface area (Å²) in [7, 11) is 0. The van der Waals surface area contributed by atoms with E-state index in [1.807, 2.05) is 0 Å². The van der Waals surface area contributed by atoms with Gasteiger partial charge in [-0.3, -0.25) is 0 Å². The molecular weight excluding hydrogens is 584 g/mol. The van der Waals surface area contributed by atoms with Gasteiger partial charge in [-0.2, -0.15) is 0 Å². The first kappa shape index (κ1) is 37.8. The number of carbonyl (C=O) groups excluding carboxylic acids is 2. The number of hydrogen-bond acceptors (Lipinski definition) is 8.